The second-order valence-corrected chi connectivity index (χ2v) is 7.46. The molecule has 1 saturated heterocycles. The Hall–Kier alpha value is -2.57. The van der Waals surface area contributed by atoms with Crippen molar-refractivity contribution in [2.75, 3.05) is 25.5 Å². The third kappa shape index (κ3) is 4.07. The summed E-state index contributed by atoms with van der Waals surface area (Å²) >= 11 is 0. The van der Waals surface area contributed by atoms with Crippen molar-refractivity contribution in [3.8, 4) is 5.75 Å². The van der Waals surface area contributed by atoms with Gasteiger partial charge in [0.25, 0.3) is 0 Å². The van der Waals surface area contributed by atoms with E-state index in [0.29, 0.717) is 50.2 Å². The van der Waals surface area contributed by atoms with Crippen molar-refractivity contribution in [2.45, 2.75) is 38.5 Å². The molecule has 27 heavy (non-hydrogen) atoms. The van der Waals surface area contributed by atoms with Gasteiger partial charge in [-0.05, 0) is 37.8 Å². The number of carboxylic acid groups (broad SMARTS) is 1. The van der Waals surface area contributed by atoms with Crippen LogP contribution in [0.5, 0.6) is 5.75 Å². The number of piperidine rings is 1. The van der Waals surface area contributed by atoms with Crippen LogP contribution in [-0.4, -0.2) is 48.0 Å². The van der Waals surface area contributed by atoms with Crippen LogP contribution in [0.15, 0.2) is 24.3 Å². The molecule has 1 aromatic carbocycles. The zero-order valence-electron chi connectivity index (χ0n) is 15.6. The predicted octanol–water partition coefficient (Wildman–Crippen LogP) is 2.52. The number of nitrogens with one attached hydrogen (secondary N) is 1. The topological polar surface area (TPSA) is 95.9 Å². The highest BCUT2D eigenvalue weighted by Crippen LogP contribution is 2.44. The van der Waals surface area contributed by atoms with Gasteiger partial charge in [0, 0.05) is 25.4 Å². The standard InChI is InChI=1S/C20H26N2O5/c1-27-16-6-3-2-5-15(16)21-18(24)14-7-11-22(12-8-14)17(23)13-20(19(25)26)9-4-10-20/h2-3,5-6,14H,4,7-13H2,1H3,(H,21,24)(H,25,26). The summed E-state index contributed by atoms with van der Waals surface area (Å²) in [6.07, 6.45) is 3.24. The van der Waals surface area contributed by atoms with Gasteiger partial charge in [0.2, 0.25) is 11.8 Å². The van der Waals surface area contributed by atoms with E-state index in [4.69, 9.17) is 4.74 Å². The second-order valence-electron chi connectivity index (χ2n) is 7.46. The van der Waals surface area contributed by atoms with Gasteiger partial charge in [0.15, 0.2) is 0 Å². The quantitative estimate of drug-likeness (QED) is 0.798. The summed E-state index contributed by atoms with van der Waals surface area (Å²) in [5.41, 5.74) is -0.230. The molecule has 1 aromatic rings. The Kier molecular flexibility index (Phi) is 5.68. The van der Waals surface area contributed by atoms with Gasteiger partial charge in [0.05, 0.1) is 18.2 Å². The number of ether oxygens (including phenoxy) is 1. The molecule has 1 heterocycles. The first-order valence-corrected chi connectivity index (χ1v) is 9.40. The molecular formula is C20H26N2O5. The van der Waals surface area contributed by atoms with Crippen molar-refractivity contribution in [2.24, 2.45) is 11.3 Å². The van der Waals surface area contributed by atoms with E-state index in [1.807, 2.05) is 12.1 Å². The lowest BCUT2D eigenvalue weighted by atomic mass is 9.66. The van der Waals surface area contributed by atoms with Crippen LogP contribution in [0.25, 0.3) is 0 Å². The summed E-state index contributed by atoms with van der Waals surface area (Å²) in [5.74, 6) is -0.615. The van der Waals surface area contributed by atoms with Crippen LogP contribution in [0, 0.1) is 11.3 Å². The number of rotatable bonds is 6. The van der Waals surface area contributed by atoms with Crippen molar-refractivity contribution in [3.05, 3.63) is 24.3 Å². The summed E-state index contributed by atoms with van der Waals surface area (Å²) in [5, 5.41) is 12.3. The predicted molar refractivity (Wildman–Crippen MR) is 99.5 cm³/mol. The number of carbonyl (C=O) groups excluding carboxylic acids is 2. The molecule has 1 saturated carbocycles. The number of aliphatic carboxylic acids is 1. The van der Waals surface area contributed by atoms with Crippen molar-refractivity contribution in [3.63, 3.8) is 0 Å². The van der Waals surface area contributed by atoms with E-state index >= 15 is 0 Å². The van der Waals surface area contributed by atoms with Crippen molar-refractivity contribution in [1.29, 1.82) is 0 Å². The van der Waals surface area contributed by atoms with Gasteiger partial charge in [0.1, 0.15) is 5.75 Å². The summed E-state index contributed by atoms with van der Waals surface area (Å²) in [7, 11) is 1.56. The Labute approximate surface area is 158 Å². The largest absolute Gasteiger partial charge is 0.495 e. The van der Waals surface area contributed by atoms with Gasteiger partial charge < -0.3 is 20.1 Å². The van der Waals surface area contributed by atoms with Crippen LogP contribution >= 0.6 is 0 Å². The SMILES string of the molecule is COc1ccccc1NC(=O)C1CCN(C(=O)CC2(C(=O)O)CCC2)CC1. The molecular weight excluding hydrogens is 348 g/mol. The molecule has 0 unspecified atom stereocenters. The number of para-hydroxylation sites is 2. The molecule has 2 N–H and O–H groups in total. The molecule has 1 aliphatic carbocycles. The van der Waals surface area contributed by atoms with E-state index in [9.17, 15) is 19.5 Å². The minimum absolute atomic E-state index is 0.0699. The zero-order chi connectivity index (χ0) is 19.4. The third-order valence-electron chi connectivity index (χ3n) is 5.84. The molecule has 3 rings (SSSR count). The first-order valence-electron chi connectivity index (χ1n) is 9.40. The number of hydrogen-bond acceptors (Lipinski definition) is 4. The average Bonchev–Trinajstić information content (AvgIpc) is 2.64. The van der Waals surface area contributed by atoms with E-state index in [1.54, 1.807) is 24.1 Å². The van der Waals surface area contributed by atoms with Gasteiger partial charge >= 0.3 is 5.97 Å². The molecule has 0 radical (unpaired) electrons. The Morgan fingerprint density at radius 1 is 1.22 bits per heavy atom. The number of methoxy groups -OCH3 is 1. The molecule has 2 fully saturated rings. The van der Waals surface area contributed by atoms with E-state index in [-0.39, 0.29) is 24.2 Å². The number of benzene rings is 1. The molecule has 0 aromatic heterocycles. The first kappa shape index (κ1) is 19.2. The van der Waals surface area contributed by atoms with E-state index < -0.39 is 11.4 Å². The van der Waals surface area contributed by atoms with Crippen molar-refractivity contribution < 1.29 is 24.2 Å². The summed E-state index contributed by atoms with van der Waals surface area (Å²) in [6.45, 7) is 0.969. The maximum absolute atomic E-state index is 12.5. The molecule has 2 amide bonds. The Morgan fingerprint density at radius 3 is 2.44 bits per heavy atom. The van der Waals surface area contributed by atoms with Crippen LogP contribution in [-0.2, 0) is 14.4 Å². The second kappa shape index (κ2) is 7.98. The normalized spacial score (nSPS) is 19.1. The van der Waals surface area contributed by atoms with Gasteiger partial charge in [-0.1, -0.05) is 18.6 Å². The summed E-state index contributed by atoms with van der Waals surface area (Å²) < 4.78 is 5.25. The van der Waals surface area contributed by atoms with Gasteiger partial charge in [-0.3, -0.25) is 14.4 Å². The molecule has 1 aliphatic heterocycles. The lowest BCUT2D eigenvalue weighted by Crippen LogP contribution is -2.46. The highest BCUT2D eigenvalue weighted by atomic mass is 16.5. The third-order valence-corrected chi connectivity index (χ3v) is 5.84. The van der Waals surface area contributed by atoms with Gasteiger partial charge in [-0.2, -0.15) is 0 Å². The number of likely N-dealkylation sites (tertiary alicyclic amines) is 1. The van der Waals surface area contributed by atoms with Crippen LogP contribution in [0.1, 0.15) is 38.5 Å². The number of carboxylic acids is 1. The van der Waals surface area contributed by atoms with E-state index in [1.165, 1.54) is 0 Å². The summed E-state index contributed by atoms with van der Waals surface area (Å²) in [6, 6.07) is 7.25. The van der Waals surface area contributed by atoms with Crippen molar-refractivity contribution in [1.82, 2.24) is 4.90 Å². The number of carbonyl (C=O) groups is 3. The molecule has 146 valence electrons. The number of nitrogens with zero attached hydrogens (tertiary/aromatic N) is 1. The Morgan fingerprint density at radius 2 is 1.89 bits per heavy atom. The first-order chi connectivity index (χ1) is 12.9. The van der Waals surface area contributed by atoms with Crippen molar-refractivity contribution >= 4 is 23.5 Å². The lowest BCUT2D eigenvalue weighted by Gasteiger charge is -2.39. The number of anilines is 1. The van der Waals surface area contributed by atoms with Gasteiger partial charge in [-0.15, -0.1) is 0 Å². The fourth-order valence-corrected chi connectivity index (χ4v) is 3.84. The maximum Gasteiger partial charge on any atom is 0.310 e. The molecule has 7 heteroatoms. The minimum Gasteiger partial charge on any atom is -0.495 e. The smallest absolute Gasteiger partial charge is 0.310 e. The fourth-order valence-electron chi connectivity index (χ4n) is 3.84. The Balaban J connectivity index is 1.51. The fraction of sp³-hybridized carbons (Fsp3) is 0.550. The van der Waals surface area contributed by atoms with Gasteiger partial charge in [-0.25, -0.2) is 0 Å². The highest BCUT2D eigenvalue weighted by Gasteiger charge is 2.46. The van der Waals surface area contributed by atoms with Crippen LogP contribution < -0.4 is 10.1 Å². The molecule has 0 bridgehead atoms. The number of hydrogen-bond donors (Lipinski definition) is 2. The van der Waals surface area contributed by atoms with Crippen LogP contribution in [0.3, 0.4) is 0 Å². The Bertz CT molecular complexity index is 721. The highest BCUT2D eigenvalue weighted by molar-refractivity contribution is 5.94. The maximum atomic E-state index is 12.5. The van der Waals surface area contributed by atoms with E-state index in [0.717, 1.165) is 6.42 Å². The van der Waals surface area contributed by atoms with Crippen LogP contribution in [0.4, 0.5) is 5.69 Å². The average molecular weight is 374 g/mol. The molecule has 0 spiro atoms. The molecule has 7 nitrogen and oxygen atoms in total. The molecule has 0 atom stereocenters. The zero-order valence-corrected chi connectivity index (χ0v) is 15.6. The lowest BCUT2D eigenvalue weighted by molar-refractivity contribution is -0.159. The monoisotopic (exact) mass is 374 g/mol. The number of amides is 2. The summed E-state index contributed by atoms with van der Waals surface area (Å²) in [4.78, 5) is 38.2. The minimum atomic E-state index is -0.867. The van der Waals surface area contributed by atoms with E-state index in [2.05, 4.69) is 5.32 Å². The molecule has 2 aliphatic rings. The van der Waals surface area contributed by atoms with Crippen LogP contribution in [0.2, 0.25) is 0 Å².